The maximum Gasteiger partial charge on any atom is 0.176 e. The molecule has 0 saturated heterocycles. The first-order chi connectivity index (χ1) is 9.17. The highest BCUT2D eigenvalue weighted by Crippen LogP contribution is 2.30. The van der Waals surface area contributed by atoms with Crippen LogP contribution in [-0.2, 0) is 9.47 Å². The molecule has 19 heavy (non-hydrogen) atoms. The highest BCUT2D eigenvalue weighted by atomic mass is 32.2. The average molecular weight is 298 g/mol. The lowest BCUT2D eigenvalue weighted by Gasteiger charge is -2.23. The van der Waals surface area contributed by atoms with Crippen molar-refractivity contribution >= 4 is 39.0 Å². The zero-order valence-electron chi connectivity index (χ0n) is 11.5. The molecular weight excluding hydrogens is 280 g/mol. The molecule has 6 heteroatoms. The zero-order valence-corrected chi connectivity index (χ0v) is 13.1. The van der Waals surface area contributed by atoms with Crippen molar-refractivity contribution < 1.29 is 9.47 Å². The molecule has 0 spiro atoms. The second-order valence-electron chi connectivity index (χ2n) is 4.14. The van der Waals surface area contributed by atoms with Crippen LogP contribution in [0.3, 0.4) is 0 Å². The molecule has 104 valence electrons. The molecule has 0 saturated carbocycles. The Morgan fingerprint density at radius 3 is 2.68 bits per heavy atom. The number of fused-ring (bicyclic) bond motifs is 1. The molecule has 1 aromatic carbocycles. The Bertz CT molecular complexity index is 540. The van der Waals surface area contributed by atoms with Crippen LogP contribution in [0.25, 0.3) is 10.2 Å². The molecular formula is C13H18N2O2S2. The van der Waals surface area contributed by atoms with Crippen LogP contribution in [0.2, 0.25) is 0 Å². The summed E-state index contributed by atoms with van der Waals surface area (Å²) in [5, 5.41) is 3.39. The molecule has 1 heterocycles. The maximum absolute atomic E-state index is 5.24. The lowest BCUT2D eigenvalue weighted by Crippen LogP contribution is -2.33. The number of aromatic nitrogens is 1. The number of nitrogens with zero attached hydrogens (tertiary/aromatic N) is 1. The monoisotopic (exact) mass is 298 g/mol. The van der Waals surface area contributed by atoms with E-state index in [1.807, 2.05) is 25.3 Å². The van der Waals surface area contributed by atoms with E-state index in [1.165, 1.54) is 4.70 Å². The van der Waals surface area contributed by atoms with Crippen molar-refractivity contribution in [3.8, 4) is 0 Å². The predicted molar refractivity (Wildman–Crippen MR) is 82.3 cm³/mol. The molecule has 0 aliphatic carbocycles. The standard InChI is InChI=1S/C13H18N2O2S2/c1-8(12(16-2)17-3)14-9-5-6-10-11(7-9)19-13(15-10)18-4/h5-8,12,14H,1-4H3. The largest absolute Gasteiger partial charge is 0.377 e. The molecule has 1 aromatic heterocycles. The molecule has 2 rings (SSSR count). The molecule has 1 atom stereocenters. The van der Waals surface area contributed by atoms with Gasteiger partial charge in [0.15, 0.2) is 10.6 Å². The van der Waals surface area contributed by atoms with Crippen LogP contribution >= 0.6 is 23.1 Å². The van der Waals surface area contributed by atoms with E-state index < -0.39 is 0 Å². The third-order valence-corrected chi connectivity index (χ3v) is 4.81. The Hall–Kier alpha value is -0.820. The number of ether oxygens (including phenoxy) is 2. The molecule has 1 unspecified atom stereocenters. The summed E-state index contributed by atoms with van der Waals surface area (Å²) in [6, 6.07) is 6.26. The van der Waals surface area contributed by atoms with Gasteiger partial charge in [-0.05, 0) is 31.4 Å². The van der Waals surface area contributed by atoms with Gasteiger partial charge in [-0.1, -0.05) is 11.8 Å². The number of anilines is 1. The number of hydrogen-bond acceptors (Lipinski definition) is 6. The number of rotatable bonds is 6. The molecule has 2 aromatic rings. The number of methoxy groups -OCH3 is 2. The summed E-state index contributed by atoms with van der Waals surface area (Å²) in [5.74, 6) is 0. The van der Waals surface area contributed by atoms with Crippen LogP contribution in [0, 0.1) is 0 Å². The van der Waals surface area contributed by atoms with E-state index in [1.54, 1.807) is 37.3 Å². The van der Waals surface area contributed by atoms with Gasteiger partial charge in [0.05, 0.1) is 16.3 Å². The van der Waals surface area contributed by atoms with Crippen LogP contribution in [-0.4, -0.2) is 37.8 Å². The van der Waals surface area contributed by atoms with E-state index >= 15 is 0 Å². The van der Waals surface area contributed by atoms with Gasteiger partial charge in [-0.3, -0.25) is 0 Å². The summed E-state index contributed by atoms with van der Waals surface area (Å²) in [6.07, 6.45) is 1.78. The summed E-state index contributed by atoms with van der Waals surface area (Å²) < 4.78 is 12.8. The van der Waals surface area contributed by atoms with E-state index in [4.69, 9.17) is 9.47 Å². The molecule has 0 radical (unpaired) electrons. The maximum atomic E-state index is 5.24. The van der Waals surface area contributed by atoms with Crippen molar-refractivity contribution in [1.29, 1.82) is 0 Å². The first kappa shape index (κ1) is 14.6. The number of thioether (sulfide) groups is 1. The third kappa shape index (κ3) is 3.39. The average Bonchev–Trinajstić information content (AvgIpc) is 2.82. The zero-order chi connectivity index (χ0) is 13.8. The normalized spacial score (nSPS) is 13.1. The first-order valence-corrected chi connectivity index (χ1v) is 7.98. The van der Waals surface area contributed by atoms with Crippen molar-refractivity contribution in [1.82, 2.24) is 4.98 Å². The number of benzene rings is 1. The first-order valence-electron chi connectivity index (χ1n) is 5.94. The predicted octanol–water partition coefficient (Wildman–Crippen LogP) is 3.44. The summed E-state index contributed by atoms with van der Waals surface area (Å²) in [4.78, 5) is 4.52. The summed E-state index contributed by atoms with van der Waals surface area (Å²) in [6.45, 7) is 2.03. The fourth-order valence-electron chi connectivity index (χ4n) is 1.92. The Morgan fingerprint density at radius 1 is 1.32 bits per heavy atom. The SMILES string of the molecule is COC(OC)C(C)Nc1ccc2nc(SC)sc2c1. The van der Waals surface area contributed by atoms with Gasteiger partial charge in [-0.15, -0.1) is 11.3 Å². The Labute approximate surface area is 121 Å². The van der Waals surface area contributed by atoms with Gasteiger partial charge in [0, 0.05) is 19.9 Å². The molecule has 0 amide bonds. The summed E-state index contributed by atoms with van der Waals surface area (Å²) in [7, 11) is 3.28. The number of hydrogen-bond donors (Lipinski definition) is 1. The van der Waals surface area contributed by atoms with Crippen molar-refractivity contribution in [2.75, 3.05) is 25.8 Å². The molecule has 0 aliphatic rings. The van der Waals surface area contributed by atoms with Gasteiger partial charge >= 0.3 is 0 Å². The Morgan fingerprint density at radius 2 is 2.05 bits per heavy atom. The Kier molecular flexibility index (Phi) is 5.04. The second-order valence-corrected chi connectivity index (χ2v) is 6.22. The van der Waals surface area contributed by atoms with Crippen LogP contribution in [0.15, 0.2) is 22.5 Å². The number of nitrogens with one attached hydrogen (secondary N) is 1. The summed E-state index contributed by atoms with van der Waals surface area (Å²) in [5.41, 5.74) is 2.10. The highest BCUT2D eigenvalue weighted by molar-refractivity contribution is 8.00. The van der Waals surface area contributed by atoms with Crippen molar-refractivity contribution in [3.05, 3.63) is 18.2 Å². The van der Waals surface area contributed by atoms with Crippen molar-refractivity contribution in [2.45, 2.75) is 23.6 Å². The fourth-order valence-corrected chi connectivity index (χ4v) is 3.44. The van der Waals surface area contributed by atoms with E-state index in [0.29, 0.717) is 0 Å². The molecule has 0 bridgehead atoms. The summed E-state index contributed by atoms with van der Waals surface area (Å²) >= 11 is 3.38. The molecule has 4 nitrogen and oxygen atoms in total. The van der Waals surface area contributed by atoms with E-state index in [9.17, 15) is 0 Å². The third-order valence-electron chi connectivity index (χ3n) is 2.81. The van der Waals surface area contributed by atoms with Crippen LogP contribution < -0.4 is 5.32 Å². The molecule has 0 fully saturated rings. The lowest BCUT2D eigenvalue weighted by atomic mass is 10.2. The Balaban J connectivity index is 2.16. The van der Waals surface area contributed by atoms with Crippen LogP contribution in [0.1, 0.15) is 6.92 Å². The minimum absolute atomic E-state index is 0.0698. The fraction of sp³-hybridized carbons (Fsp3) is 0.462. The second kappa shape index (κ2) is 6.56. The van der Waals surface area contributed by atoms with Gasteiger partial charge in [0.25, 0.3) is 0 Å². The van der Waals surface area contributed by atoms with E-state index in [0.717, 1.165) is 15.5 Å². The number of thiazole rings is 1. The minimum atomic E-state index is -0.265. The van der Waals surface area contributed by atoms with Crippen molar-refractivity contribution in [3.63, 3.8) is 0 Å². The van der Waals surface area contributed by atoms with Crippen molar-refractivity contribution in [2.24, 2.45) is 0 Å². The van der Waals surface area contributed by atoms with Gasteiger partial charge in [0.2, 0.25) is 0 Å². The van der Waals surface area contributed by atoms with Crippen LogP contribution in [0.5, 0.6) is 0 Å². The topological polar surface area (TPSA) is 43.4 Å². The minimum Gasteiger partial charge on any atom is -0.377 e. The molecule has 0 aliphatic heterocycles. The van der Waals surface area contributed by atoms with E-state index in [-0.39, 0.29) is 12.3 Å². The van der Waals surface area contributed by atoms with E-state index in [2.05, 4.69) is 16.4 Å². The highest BCUT2D eigenvalue weighted by Gasteiger charge is 2.15. The van der Waals surface area contributed by atoms with Crippen LogP contribution in [0.4, 0.5) is 5.69 Å². The quantitative estimate of drug-likeness (QED) is 0.654. The lowest BCUT2D eigenvalue weighted by molar-refractivity contribution is -0.109. The molecule has 1 N–H and O–H groups in total. The van der Waals surface area contributed by atoms with Gasteiger partial charge in [-0.25, -0.2) is 4.98 Å². The smallest absolute Gasteiger partial charge is 0.176 e. The van der Waals surface area contributed by atoms with Gasteiger partial charge < -0.3 is 14.8 Å². The van der Waals surface area contributed by atoms with Gasteiger partial charge in [0.1, 0.15) is 0 Å². The van der Waals surface area contributed by atoms with Gasteiger partial charge in [-0.2, -0.15) is 0 Å².